The van der Waals surface area contributed by atoms with Crippen molar-refractivity contribution in [1.29, 1.82) is 0 Å². The fourth-order valence-corrected chi connectivity index (χ4v) is 1.70. The van der Waals surface area contributed by atoms with Crippen molar-refractivity contribution in [2.24, 2.45) is 0 Å². The smallest absolute Gasteiger partial charge is 0.221 e. The maximum Gasteiger partial charge on any atom is 0.221 e. The molecular formula is C13H19ClN2O. The van der Waals surface area contributed by atoms with Crippen LogP contribution in [-0.2, 0) is 11.3 Å². The van der Waals surface area contributed by atoms with Crippen molar-refractivity contribution >= 4 is 17.5 Å². The summed E-state index contributed by atoms with van der Waals surface area (Å²) in [7, 11) is 0. The summed E-state index contributed by atoms with van der Waals surface area (Å²) in [5.74, 6) is 0.0633. The molecule has 1 amide bonds. The summed E-state index contributed by atoms with van der Waals surface area (Å²) in [6, 6.07) is 7.69. The zero-order valence-corrected chi connectivity index (χ0v) is 11.1. The van der Waals surface area contributed by atoms with E-state index in [-0.39, 0.29) is 11.9 Å². The lowest BCUT2D eigenvalue weighted by Gasteiger charge is -2.12. The number of hydrogen-bond donors (Lipinski definition) is 2. The van der Waals surface area contributed by atoms with Crippen LogP contribution in [0.2, 0.25) is 5.02 Å². The highest BCUT2D eigenvalue weighted by atomic mass is 35.5. The Hall–Kier alpha value is -1.06. The molecule has 0 aliphatic rings. The van der Waals surface area contributed by atoms with Crippen molar-refractivity contribution in [2.75, 3.05) is 6.54 Å². The first-order valence-corrected chi connectivity index (χ1v) is 6.24. The molecule has 0 aliphatic heterocycles. The van der Waals surface area contributed by atoms with Gasteiger partial charge in [0.15, 0.2) is 0 Å². The molecular weight excluding hydrogens is 236 g/mol. The van der Waals surface area contributed by atoms with Crippen molar-refractivity contribution in [3.63, 3.8) is 0 Å². The minimum absolute atomic E-state index is 0.0633. The molecule has 0 saturated carbocycles. The fourth-order valence-electron chi connectivity index (χ4n) is 1.57. The Balaban J connectivity index is 2.30. The van der Waals surface area contributed by atoms with Gasteiger partial charge in [0.05, 0.1) is 0 Å². The van der Waals surface area contributed by atoms with Gasteiger partial charge in [-0.05, 0) is 31.2 Å². The minimum Gasteiger partial charge on any atom is -0.352 e. The molecule has 3 nitrogen and oxygen atoms in total. The number of rotatable bonds is 6. The van der Waals surface area contributed by atoms with Crippen LogP contribution in [0.25, 0.3) is 0 Å². The van der Waals surface area contributed by atoms with Gasteiger partial charge >= 0.3 is 0 Å². The van der Waals surface area contributed by atoms with E-state index in [0.717, 1.165) is 12.1 Å². The summed E-state index contributed by atoms with van der Waals surface area (Å²) in [6.07, 6.45) is 0.501. The lowest BCUT2D eigenvalue weighted by Crippen LogP contribution is -2.33. The highest BCUT2D eigenvalue weighted by Crippen LogP contribution is 2.09. The zero-order valence-electron chi connectivity index (χ0n) is 10.3. The number of carbonyl (C=O) groups excluding carboxylic acids is 1. The van der Waals surface area contributed by atoms with Crippen molar-refractivity contribution < 1.29 is 4.79 Å². The summed E-state index contributed by atoms with van der Waals surface area (Å²) in [4.78, 5) is 11.6. The maximum atomic E-state index is 11.6. The Morgan fingerprint density at radius 1 is 1.35 bits per heavy atom. The highest BCUT2D eigenvalue weighted by molar-refractivity contribution is 6.30. The summed E-state index contributed by atoms with van der Waals surface area (Å²) in [5.41, 5.74) is 1.05. The van der Waals surface area contributed by atoms with Gasteiger partial charge in [-0.3, -0.25) is 4.79 Å². The van der Waals surface area contributed by atoms with Crippen molar-refractivity contribution in [3.05, 3.63) is 34.9 Å². The normalized spacial score (nSPS) is 12.2. The molecule has 0 spiro atoms. The number of halogens is 1. The lowest BCUT2D eigenvalue weighted by atomic mass is 10.2. The third-order valence-electron chi connectivity index (χ3n) is 2.45. The van der Waals surface area contributed by atoms with Crippen LogP contribution < -0.4 is 10.6 Å². The standard InChI is InChI=1S/C13H19ClN2O/c1-3-15-10(2)8-13(17)16-9-11-4-6-12(14)7-5-11/h4-7,10,15H,3,8-9H2,1-2H3,(H,16,17). The van der Waals surface area contributed by atoms with Gasteiger partial charge in [-0.1, -0.05) is 30.7 Å². The van der Waals surface area contributed by atoms with Crippen LogP contribution in [0.15, 0.2) is 24.3 Å². The van der Waals surface area contributed by atoms with Gasteiger partial charge in [0, 0.05) is 24.0 Å². The quantitative estimate of drug-likeness (QED) is 0.818. The van der Waals surface area contributed by atoms with Crippen LogP contribution in [-0.4, -0.2) is 18.5 Å². The molecule has 2 N–H and O–H groups in total. The monoisotopic (exact) mass is 254 g/mol. The molecule has 0 aliphatic carbocycles. The van der Waals surface area contributed by atoms with Crippen LogP contribution in [0.3, 0.4) is 0 Å². The number of benzene rings is 1. The predicted molar refractivity (Wildman–Crippen MR) is 71.1 cm³/mol. The van der Waals surface area contributed by atoms with Gasteiger partial charge in [-0.2, -0.15) is 0 Å². The van der Waals surface area contributed by atoms with E-state index >= 15 is 0 Å². The number of carbonyl (C=O) groups is 1. The average molecular weight is 255 g/mol. The lowest BCUT2D eigenvalue weighted by molar-refractivity contribution is -0.121. The summed E-state index contributed by atoms with van der Waals surface area (Å²) in [5, 5.41) is 6.80. The second-order valence-electron chi connectivity index (χ2n) is 4.07. The van der Waals surface area contributed by atoms with Crippen molar-refractivity contribution in [3.8, 4) is 0 Å². The molecule has 1 unspecified atom stereocenters. The Morgan fingerprint density at radius 3 is 2.59 bits per heavy atom. The fraction of sp³-hybridized carbons (Fsp3) is 0.462. The van der Waals surface area contributed by atoms with Crippen molar-refractivity contribution in [2.45, 2.75) is 32.9 Å². The molecule has 0 heterocycles. The van der Waals surface area contributed by atoms with E-state index < -0.39 is 0 Å². The first-order chi connectivity index (χ1) is 8.11. The molecule has 1 rings (SSSR count). The van der Waals surface area contributed by atoms with Crippen LogP contribution >= 0.6 is 11.6 Å². The van der Waals surface area contributed by atoms with E-state index in [1.807, 2.05) is 38.1 Å². The van der Waals surface area contributed by atoms with E-state index in [1.165, 1.54) is 0 Å². The van der Waals surface area contributed by atoms with Crippen LogP contribution in [0.1, 0.15) is 25.8 Å². The molecule has 0 saturated heterocycles. The Morgan fingerprint density at radius 2 is 2.00 bits per heavy atom. The largest absolute Gasteiger partial charge is 0.352 e. The minimum atomic E-state index is 0.0633. The number of amides is 1. The van der Waals surface area contributed by atoms with Crippen LogP contribution in [0, 0.1) is 0 Å². The van der Waals surface area contributed by atoms with Crippen molar-refractivity contribution in [1.82, 2.24) is 10.6 Å². The Kier molecular flexibility index (Phi) is 6.01. The molecule has 17 heavy (non-hydrogen) atoms. The third-order valence-corrected chi connectivity index (χ3v) is 2.70. The molecule has 0 radical (unpaired) electrons. The van der Waals surface area contributed by atoms with Crippen LogP contribution in [0.4, 0.5) is 0 Å². The molecule has 1 aromatic carbocycles. The third kappa shape index (κ3) is 5.71. The van der Waals surface area contributed by atoms with E-state index in [1.54, 1.807) is 0 Å². The molecule has 1 aromatic rings. The Labute approximate surface area is 108 Å². The van der Waals surface area contributed by atoms with Gasteiger partial charge in [-0.15, -0.1) is 0 Å². The number of nitrogens with one attached hydrogen (secondary N) is 2. The van der Waals surface area contributed by atoms with Gasteiger partial charge < -0.3 is 10.6 Å². The molecule has 1 atom stereocenters. The van der Waals surface area contributed by atoms with E-state index in [9.17, 15) is 4.79 Å². The first kappa shape index (κ1) is 14.0. The number of hydrogen-bond acceptors (Lipinski definition) is 2. The highest BCUT2D eigenvalue weighted by Gasteiger charge is 2.07. The Bertz CT molecular complexity index is 351. The SMILES string of the molecule is CCNC(C)CC(=O)NCc1ccc(Cl)cc1. The molecule has 4 heteroatoms. The maximum absolute atomic E-state index is 11.6. The van der Waals surface area contributed by atoms with Gasteiger partial charge in [0.1, 0.15) is 0 Å². The summed E-state index contributed by atoms with van der Waals surface area (Å²) < 4.78 is 0. The second kappa shape index (κ2) is 7.30. The first-order valence-electron chi connectivity index (χ1n) is 5.86. The van der Waals surface area contributed by atoms with E-state index in [2.05, 4.69) is 10.6 Å². The molecule has 94 valence electrons. The van der Waals surface area contributed by atoms with Gasteiger partial charge in [0.25, 0.3) is 0 Å². The summed E-state index contributed by atoms with van der Waals surface area (Å²) in [6.45, 7) is 5.47. The van der Waals surface area contributed by atoms with Gasteiger partial charge in [0.2, 0.25) is 5.91 Å². The predicted octanol–water partition coefficient (Wildman–Crippen LogP) is 2.34. The topological polar surface area (TPSA) is 41.1 Å². The molecule has 0 fully saturated rings. The van der Waals surface area contributed by atoms with Gasteiger partial charge in [-0.25, -0.2) is 0 Å². The average Bonchev–Trinajstić information content (AvgIpc) is 2.28. The zero-order chi connectivity index (χ0) is 12.7. The van der Waals surface area contributed by atoms with Crippen LogP contribution in [0.5, 0.6) is 0 Å². The molecule has 0 aromatic heterocycles. The van der Waals surface area contributed by atoms with E-state index in [0.29, 0.717) is 18.0 Å². The van der Waals surface area contributed by atoms with E-state index in [4.69, 9.17) is 11.6 Å². The summed E-state index contributed by atoms with van der Waals surface area (Å²) >= 11 is 5.78. The second-order valence-corrected chi connectivity index (χ2v) is 4.50. The molecule has 0 bridgehead atoms.